The van der Waals surface area contributed by atoms with E-state index in [4.69, 9.17) is 0 Å². The number of carbonyl (C=O) groups is 2. The van der Waals surface area contributed by atoms with E-state index in [1.165, 1.54) is 0 Å². The lowest BCUT2D eigenvalue weighted by atomic mass is 9.98. The number of hydrogen-bond donors (Lipinski definition) is 2. The summed E-state index contributed by atoms with van der Waals surface area (Å²) in [5, 5.41) is 5.92. The zero-order valence-electron chi connectivity index (χ0n) is 14.6. The molecule has 5 nitrogen and oxygen atoms in total. The molecule has 1 unspecified atom stereocenters. The Balaban J connectivity index is 0.00000225. The first-order valence-corrected chi connectivity index (χ1v) is 8.60. The van der Waals surface area contributed by atoms with Crippen LogP contribution in [-0.4, -0.2) is 35.8 Å². The van der Waals surface area contributed by atoms with Crippen LogP contribution < -0.4 is 10.6 Å². The zero-order valence-corrected chi connectivity index (χ0v) is 15.4. The van der Waals surface area contributed by atoms with Crippen molar-refractivity contribution >= 4 is 29.9 Å². The van der Waals surface area contributed by atoms with Crippen LogP contribution in [0.3, 0.4) is 0 Å². The fourth-order valence-electron chi connectivity index (χ4n) is 3.60. The summed E-state index contributed by atoms with van der Waals surface area (Å²) >= 11 is 0. The highest BCUT2D eigenvalue weighted by atomic mass is 35.5. The molecule has 2 amide bonds. The highest BCUT2D eigenvalue weighted by Gasteiger charge is 2.35. The van der Waals surface area contributed by atoms with Crippen LogP contribution in [0.2, 0.25) is 0 Å². The van der Waals surface area contributed by atoms with Crippen LogP contribution in [0.4, 0.5) is 10.1 Å². The number of carbonyl (C=O) groups excluding carboxylic acids is 2. The van der Waals surface area contributed by atoms with Gasteiger partial charge in [-0.15, -0.1) is 12.4 Å². The van der Waals surface area contributed by atoms with Crippen molar-refractivity contribution in [2.24, 2.45) is 5.92 Å². The number of anilines is 1. The maximum atomic E-state index is 14.7. The minimum Gasteiger partial charge on any atom is -0.330 e. The summed E-state index contributed by atoms with van der Waals surface area (Å²) in [6.45, 7) is 5.79. The number of fused-ring (bicyclic) bond motifs is 1. The maximum Gasteiger partial charge on any atom is 0.247 e. The summed E-state index contributed by atoms with van der Waals surface area (Å²) < 4.78 is 14.7. The third-order valence-corrected chi connectivity index (χ3v) is 4.81. The minimum absolute atomic E-state index is 0. The largest absolute Gasteiger partial charge is 0.330 e. The lowest BCUT2D eigenvalue weighted by molar-refractivity contribution is -0.136. The van der Waals surface area contributed by atoms with E-state index in [1.807, 2.05) is 19.9 Å². The molecule has 2 N–H and O–H groups in total. The zero-order chi connectivity index (χ0) is 17.3. The molecule has 0 saturated carbocycles. The number of hydrogen-bond acceptors (Lipinski definition) is 3. The quantitative estimate of drug-likeness (QED) is 0.857. The Kier molecular flexibility index (Phi) is 6.41. The molecule has 1 aromatic carbocycles. The van der Waals surface area contributed by atoms with Crippen molar-refractivity contribution in [2.75, 3.05) is 18.4 Å². The van der Waals surface area contributed by atoms with Gasteiger partial charge in [0.05, 0.1) is 5.69 Å². The van der Waals surface area contributed by atoms with E-state index in [0.717, 1.165) is 18.5 Å². The van der Waals surface area contributed by atoms with E-state index < -0.39 is 6.04 Å². The molecule has 2 heterocycles. The van der Waals surface area contributed by atoms with Crippen molar-refractivity contribution in [1.29, 1.82) is 0 Å². The predicted octanol–water partition coefficient (Wildman–Crippen LogP) is 2.48. The molecule has 3 rings (SSSR count). The molecule has 0 spiro atoms. The summed E-state index contributed by atoms with van der Waals surface area (Å²) in [5.74, 6) is -0.691. The van der Waals surface area contributed by atoms with Crippen molar-refractivity contribution in [3.05, 3.63) is 29.1 Å². The van der Waals surface area contributed by atoms with Gasteiger partial charge in [0.15, 0.2) is 0 Å². The first-order chi connectivity index (χ1) is 11.5. The molecule has 138 valence electrons. The van der Waals surface area contributed by atoms with Crippen LogP contribution in [0, 0.1) is 11.7 Å². The van der Waals surface area contributed by atoms with Crippen molar-refractivity contribution < 1.29 is 14.0 Å². The average molecular weight is 370 g/mol. The van der Waals surface area contributed by atoms with Gasteiger partial charge in [0.1, 0.15) is 11.9 Å². The number of rotatable bonds is 4. The normalized spacial score (nSPS) is 17.9. The smallest absolute Gasteiger partial charge is 0.247 e. The molecule has 1 aromatic rings. The molecule has 7 heteroatoms. The summed E-state index contributed by atoms with van der Waals surface area (Å²) in [6.07, 6.45) is 1.87. The van der Waals surface area contributed by atoms with E-state index in [1.54, 1.807) is 11.0 Å². The van der Waals surface area contributed by atoms with Gasteiger partial charge in [0.25, 0.3) is 0 Å². The third kappa shape index (κ3) is 3.96. The fourth-order valence-corrected chi connectivity index (χ4v) is 3.60. The Morgan fingerprint density at radius 2 is 2.08 bits per heavy atom. The second-order valence-electron chi connectivity index (χ2n) is 6.86. The molecule has 1 fully saturated rings. The molecule has 1 atom stereocenters. The topological polar surface area (TPSA) is 61.4 Å². The van der Waals surface area contributed by atoms with Gasteiger partial charge >= 0.3 is 0 Å². The molecule has 0 radical (unpaired) electrons. The monoisotopic (exact) mass is 369 g/mol. The third-order valence-electron chi connectivity index (χ3n) is 4.81. The molecule has 2 aliphatic rings. The average Bonchev–Trinajstić information content (AvgIpc) is 2.96. The lowest BCUT2D eigenvalue weighted by Crippen LogP contribution is -2.48. The van der Waals surface area contributed by atoms with Gasteiger partial charge in [0.2, 0.25) is 11.8 Å². The number of halogens is 2. The Hall–Kier alpha value is -1.66. The van der Waals surface area contributed by atoms with Crippen LogP contribution in [0.1, 0.15) is 37.8 Å². The van der Waals surface area contributed by atoms with Gasteiger partial charge in [-0.2, -0.15) is 0 Å². The summed E-state index contributed by atoms with van der Waals surface area (Å²) in [4.78, 5) is 26.3. The number of benzene rings is 1. The number of nitrogens with zero attached hydrogens (tertiary/aromatic N) is 1. The first-order valence-electron chi connectivity index (χ1n) is 8.60. The second-order valence-corrected chi connectivity index (χ2v) is 6.86. The van der Waals surface area contributed by atoms with Gasteiger partial charge in [-0.25, -0.2) is 4.39 Å². The Morgan fingerprint density at radius 1 is 1.32 bits per heavy atom. The van der Waals surface area contributed by atoms with Crippen molar-refractivity contribution in [3.63, 3.8) is 0 Å². The Morgan fingerprint density at radius 3 is 2.72 bits per heavy atom. The lowest BCUT2D eigenvalue weighted by Gasteiger charge is -2.30. The summed E-state index contributed by atoms with van der Waals surface area (Å²) in [6, 6.07) is 2.91. The van der Waals surface area contributed by atoms with E-state index in [2.05, 4.69) is 10.6 Å². The van der Waals surface area contributed by atoms with E-state index in [0.29, 0.717) is 31.5 Å². The second kappa shape index (κ2) is 8.15. The predicted molar refractivity (Wildman–Crippen MR) is 97.3 cm³/mol. The van der Waals surface area contributed by atoms with Crippen molar-refractivity contribution in [3.8, 4) is 0 Å². The number of likely N-dealkylation sites (tertiary alicyclic amines) is 1. The molecule has 0 bridgehead atoms. The van der Waals surface area contributed by atoms with Crippen LogP contribution in [0.25, 0.3) is 0 Å². The SMILES string of the molecule is CC(C)C(C(=O)Nc1ccc2c(c1F)CCNC2)N1CCCC1=O.Cl. The molecular weight excluding hydrogens is 345 g/mol. The Labute approximate surface area is 153 Å². The standard InChI is InChI=1S/C18H24FN3O2.ClH/c1-11(2)17(22-9-3-4-15(22)23)18(24)21-14-6-5-12-10-20-8-7-13(12)16(14)19;/h5-6,11,17,20H,3-4,7-10H2,1-2H3,(H,21,24);1H. The molecule has 1 saturated heterocycles. The Bertz CT molecular complexity index is 666. The van der Waals surface area contributed by atoms with E-state index >= 15 is 0 Å². The molecule has 2 aliphatic heterocycles. The number of nitrogens with one attached hydrogen (secondary N) is 2. The molecular formula is C18H25ClFN3O2. The van der Waals surface area contributed by atoms with Crippen LogP contribution in [-0.2, 0) is 22.6 Å². The first kappa shape index (κ1) is 19.7. The highest BCUT2D eigenvalue weighted by Crippen LogP contribution is 2.26. The van der Waals surface area contributed by atoms with Crippen LogP contribution in [0.15, 0.2) is 12.1 Å². The number of amides is 2. The van der Waals surface area contributed by atoms with Crippen LogP contribution >= 0.6 is 12.4 Å². The van der Waals surface area contributed by atoms with Crippen molar-refractivity contribution in [1.82, 2.24) is 10.2 Å². The summed E-state index contributed by atoms with van der Waals surface area (Å²) in [7, 11) is 0. The van der Waals surface area contributed by atoms with Crippen molar-refractivity contribution in [2.45, 2.75) is 45.7 Å². The maximum absolute atomic E-state index is 14.7. The van der Waals surface area contributed by atoms with E-state index in [9.17, 15) is 14.0 Å². The van der Waals surface area contributed by atoms with Gasteiger partial charge in [-0.1, -0.05) is 19.9 Å². The van der Waals surface area contributed by atoms with Gasteiger partial charge in [-0.05, 0) is 42.5 Å². The van der Waals surface area contributed by atoms with Gasteiger partial charge < -0.3 is 15.5 Å². The minimum atomic E-state index is -0.558. The van der Waals surface area contributed by atoms with Gasteiger partial charge in [0, 0.05) is 19.5 Å². The molecule has 0 aromatic heterocycles. The highest BCUT2D eigenvalue weighted by molar-refractivity contribution is 5.98. The van der Waals surface area contributed by atoms with Gasteiger partial charge in [-0.3, -0.25) is 9.59 Å². The summed E-state index contributed by atoms with van der Waals surface area (Å²) in [5.41, 5.74) is 1.81. The molecule has 0 aliphatic carbocycles. The van der Waals surface area contributed by atoms with Crippen LogP contribution in [0.5, 0.6) is 0 Å². The van der Waals surface area contributed by atoms with E-state index in [-0.39, 0.29) is 41.6 Å². The fraction of sp³-hybridized carbons (Fsp3) is 0.556. The molecule has 25 heavy (non-hydrogen) atoms.